The maximum Gasteiger partial charge on any atom is 0.225 e. The van der Waals surface area contributed by atoms with Gasteiger partial charge in [0, 0.05) is 12.6 Å². The van der Waals surface area contributed by atoms with E-state index in [4.69, 9.17) is 0 Å². The Morgan fingerprint density at radius 1 is 1.21 bits per heavy atom. The number of anilines is 1. The lowest BCUT2D eigenvalue weighted by Gasteiger charge is -2.04. The molecule has 4 heteroatoms. The highest BCUT2D eigenvalue weighted by atomic mass is 16.1. The third-order valence-corrected chi connectivity index (χ3v) is 2.76. The number of benzene rings is 1. The summed E-state index contributed by atoms with van der Waals surface area (Å²) >= 11 is 0. The van der Waals surface area contributed by atoms with Gasteiger partial charge in [-0.2, -0.15) is 0 Å². The van der Waals surface area contributed by atoms with Crippen LogP contribution in [-0.4, -0.2) is 15.9 Å². The molecule has 1 heterocycles. The van der Waals surface area contributed by atoms with E-state index < -0.39 is 0 Å². The molecule has 19 heavy (non-hydrogen) atoms. The van der Waals surface area contributed by atoms with Gasteiger partial charge in [0.2, 0.25) is 5.91 Å². The molecule has 1 N–H and O–H groups in total. The predicted octanol–water partition coefficient (Wildman–Crippen LogP) is 2.75. The van der Waals surface area contributed by atoms with Crippen molar-refractivity contribution in [3.63, 3.8) is 0 Å². The SMILES string of the molecule is Cc1nccc(NC(=O)CCCc2ccccc2)n1. The van der Waals surface area contributed by atoms with Crippen LogP contribution in [0.2, 0.25) is 0 Å². The van der Waals surface area contributed by atoms with Gasteiger partial charge in [0.1, 0.15) is 11.6 Å². The van der Waals surface area contributed by atoms with Crippen LogP contribution in [0.15, 0.2) is 42.6 Å². The molecule has 1 aromatic heterocycles. The number of hydrogen-bond acceptors (Lipinski definition) is 3. The van der Waals surface area contributed by atoms with Gasteiger partial charge >= 0.3 is 0 Å². The monoisotopic (exact) mass is 255 g/mol. The quantitative estimate of drug-likeness (QED) is 0.893. The molecular formula is C15H17N3O. The first-order valence-corrected chi connectivity index (χ1v) is 6.37. The van der Waals surface area contributed by atoms with E-state index in [1.807, 2.05) is 18.2 Å². The van der Waals surface area contributed by atoms with Gasteiger partial charge in [-0.05, 0) is 31.4 Å². The zero-order valence-electron chi connectivity index (χ0n) is 11.0. The second-order valence-electron chi connectivity index (χ2n) is 4.38. The van der Waals surface area contributed by atoms with Gasteiger partial charge in [-0.25, -0.2) is 9.97 Å². The van der Waals surface area contributed by atoms with Crippen molar-refractivity contribution in [1.29, 1.82) is 0 Å². The van der Waals surface area contributed by atoms with Crippen molar-refractivity contribution in [2.75, 3.05) is 5.32 Å². The Hall–Kier alpha value is -2.23. The summed E-state index contributed by atoms with van der Waals surface area (Å²) in [4.78, 5) is 19.9. The minimum atomic E-state index is -0.00553. The number of carbonyl (C=O) groups excluding carboxylic acids is 1. The average molecular weight is 255 g/mol. The fourth-order valence-electron chi connectivity index (χ4n) is 1.83. The Morgan fingerprint density at radius 2 is 2.00 bits per heavy atom. The lowest BCUT2D eigenvalue weighted by atomic mass is 10.1. The third-order valence-electron chi connectivity index (χ3n) is 2.76. The van der Waals surface area contributed by atoms with E-state index in [9.17, 15) is 4.79 Å². The standard InChI is InChI=1S/C15H17N3O/c1-12-16-11-10-14(17-12)18-15(19)9-5-8-13-6-3-2-4-7-13/h2-4,6-7,10-11H,5,8-9H2,1H3,(H,16,17,18,19). The van der Waals surface area contributed by atoms with Crippen molar-refractivity contribution in [2.45, 2.75) is 26.2 Å². The Labute approximate surface area is 112 Å². The van der Waals surface area contributed by atoms with E-state index in [1.54, 1.807) is 19.2 Å². The highest BCUT2D eigenvalue weighted by molar-refractivity contribution is 5.89. The summed E-state index contributed by atoms with van der Waals surface area (Å²) < 4.78 is 0. The lowest BCUT2D eigenvalue weighted by molar-refractivity contribution is -0.116. The van der Waals surface area contributed by atoms with Crippen LogP contribution in [0, 0.1) is 6.92 Å². The number of rotatable bonds is 5. The number of nitrogens with zero attached hydrogens (tertiary/aromatic N) is 2. The summed E-state index contributed by atoms with van der Waals surface area (Å²) in [5.41, 5.74) is 1.26. The van der Waals surface area contributed by atoms with Gasteiger partial charge in [0.15, 0.2) is 0 Å². The predicted molar refractivity (Wildman–Crippen MR) is 74.8 cm³/mol. The molecule has 0 bridgehead atoms. The molecule has 4 nitrogen and oxygen atoms in total. The first-order chi connectivity index (χ1) is 9.24. The van der Waals surface area contributed by atoms with Crippen molar-refractivity contribution in [1.82, 2.24) is 9.97 Å². The van der Waals surface area contributed by atoms with E-state index in [1.165, 1.54) is 5.56 Å². The molecule has 0 spiro atoms. The summed E-state index contributed by atoms with van der Waals surface area (Å²) in [5.74, 6) is 1.22. The van der Waals surface area contributed by atoms with Crippen LogP contribution < -0.4 is 5.32 Å². The zero-order chi connectivity index (χ0) is 13.5. The van der Waals surface area contributed by atoms with Crippen molar-refractivity contribution in [2.24, 2.45) is 0 Å². The molecule has 0 radical (unpaired) electrons. The van der Waals surface area contributed by atoms with Crippen LogP contribution in [-0.2, 0) is 11.2 Å². The Kier molecular flexibility index (Phi) is 4.61. The molecule has 98 valence electrons. The van der Waals surface area contributed by atoms with E-state index in [0.717, 1.165) is 12.8 Å². The smallest absolute Gasteiger partial charge is 0.225 e. The van der Waals surface area contributed by atoms with Crippen molar-refractivity contribution < 1.29 is 4.79 Å². The summed E-state index contributed by atoms with van der Waals surface area (Å²) in [6.07, 6.45) is 3.89. The number of aromatic nitrogens is 2. The highest BCUT2D eigenvalue weighted by Crippen LogP contribution is 2.06. The van der Waals surface area contributed by atoms with Crippen LogP contribution in [0.25, 0.3) is 0 Å². The topological polar surface area (TPSA) is 54.9 Å². The molecule has 1 amide bonds. The Balaban J connectivity index is 1.76. The summed E-state index contributed by atoms with van der Waals surface area (Å²) in [6.45, 7) is 1.80. The van der Waals surface area contributed by atoms with Gasteiger partial charge in [-0.15, -0.1) is 0 Å². The highest BCUT2D eigenvalue weighted by Gasteiger charge is 2.03. The fourth-order valence-corrected chi connectivity index (χ4v) is 1.83. The van der Waals surface area contributed by atoms with Gasteiger partial charge in [-0.1, -0.05) is 30.3 Å². The summed E-state index contributed by atoms with van der Waals surface area (Å²) in [5, 5.41) is 2.78. The maximum atomic E-state index is 11.7. The first kappa shape index (κ1) is 13.2. The molecule has 2 rings (SSSR count). The molecule has 0 aliphatic rings. The minimum absolute atomic E-state index is 0.00553. The van der Waals surface area contributed by atoms with Crippen molar-refractivity contribution >= 4 is 11.7 Å². The molecule has 0 saturated carbocycles. The fraction of sp³-hybridized carbons (Fsp3) is 0.267. The molecule has 0 atom stereocenters. The molecule has 0 aliphatic carbocycles. The summed E-state index contributed by atoms with van der Waals surface area (Å²) in [6, 6.07) is 11.9. The van der Waals surface area contributed by atoms with Crippen LogP contribution in [0.5, 0.6) is 0 Å². The minimum Gasteiger partial charge on any atom is -0.311 e. The number of hydrogen-bond donors (Lipinski definition) is 1. The zero-order valence-corrected chi connectivity index (χ0v) is 11.0. The number of aryl methyl sites for hydroxylation is 2. The number of nitrogens with one attached hydrogen (secondary N) is 1. The van der Waals surface area contributed by atoms with E-state index >= 15 is 0 Å². The molecular weight excluding hydrogens is 238 g/mol. The second-order valence-corrected chi connectivity index (χ2v) is 4.38. The van der Waals surface area contributed by atoms with Gasteiger partial charge in [0.05, 0.1) is 0 Å². The van der Waals surface area contributed by atoms with E-state index in [0.29, 0.717) is 18.1 Å². The Morgan fingerprint density at radius 3 is 2.74 bits per heavy atom. The van der Waals surface area contributed by atoms with Crippen molar-refractivity contribution in [3.05, 3.63) is 54.0 Å². The third kappa shape index (κ3) is 4.50. The number of amides is 1. The van der Waals surface area contributed by atoms with Crippen LogP contribution in [0.4, 0.5) is 5.82 Å². The normalized spacial score (nSPS) is 10.2. The van der Waals surface area contributed by atoms with Crippen LogP contribution >= 0.6 is 0 Å². The van der Waals surface area contributed by atoms with Gasteiger partial charge in [-0.3, -0.25) is 4.79 Å². The molecule has 0 fully saturated rings. The van der Waals surface area contributed by atoms with Crippen LogP contribution in [0.1, 0.15) is 24.2 Å². The first-order valence-electron chi connectivity index (χ1n) is 6.37. The van der Waals surface area contributed by atoms with E-state index in [2.05, 4.69) is 27.4 Å². The molecule has 0 saturated heterocycles. The van der Waals surface area contributed by atoms with E-state index in [-0.39, 0.29) is 5.91 Å². The average Bonchev–Trinajstić information content (AvgIpc) is 2.40. The molecule has 1 aromatic carbocycles. The lowest BCUT2D eigenvalue weighted by Crippen LogP contribution is -2.13. The van der Waals surface area contributed by atoms with Gasteiger partial charge in [0.25, 0.3) is 0 Å². The molecule has 0 unspecified atom stereocenters. The summed E-state index contributed by atoms with van der Waals surface area (Å²) in [7, 11) is 0. The Bertz CT molecular complexity index is 540. The second kappa shape index (κ2) is 6.64. The van der Waals surface area contributed by atoms with Crippen LogP contribution in [0.3, 0.4) is 0 Å². The molecule has 0 aliphatic heterocycles. The number of carbonyl (C=O) groups is 1. The largest absolute Gasteiger partial charge is 0.311 e. The maximum absolute atomic E-state index is 11.7. The van der Waals surface area contributed by atoms with Crippen molar-refractivity contribution in [3.8, 4) is 0 Å². The molecule has 2 aromatic rings. The van der Waals surface area contributed by atoms with Gasteiger partial charge < -0.3 is 5.32 Å².